The van der Waals surface area contributed by atoms with Crippen LogP contribution in [-0.4, -0.2) is 13.6 Å². The molecule has 2 aliphatic rings. The Labute approximate surface area is 85.7 Å². The van der Waals surface area contributed by atoms with Crippen molar-refractivity contribution in [2.75, 3.05) is 18.5 Å². The Morgan fingerprint density at radius 3 is 2.79 bits per heavy atom. The Balaban J connectivity index is 2.15. The van der Waals surface area contributed by atoms with Crippen molar-refractivity contribution in [3.63, 3.8) is 0 Å². The average Bonchev–Trinajstić information content (AvgIpc) is 2.96. The summed E-state index contributed by atoms with van der Waals surface area (Å²) in [5.41, 5.74) is 4.75. The number of hydrogen-bond donors (Lipinski definition) is 0. The van der Waals surface area contributed by atoms with Crippen LogP contribution in [0.1, 0.15) is 42.7 Å². The Morgan fingerprint density at radius 1 is 1.29 bits per heavy atom. The summed E-state index contributed by atoms with van der Waals surface area (Å²) in [5, 5.41) is 0. The van der Waals surface area contributed by atoms with Crippen molar-refractivity contribution >= 4 is 5.69 Å². The van der Waals surface area contributed by atoms with Crippen LogP contribution in [0.4, 0.5) is 5.69 Å². The van der Waals surface area contributed by atoms with Gasteiger partial charge in [0.15, 0.2) is 0 Å². The highest BCUT2D eigenvalue weighted by Gasteiger charge is 2.32. The molecular weight excluding hydrogens is 170 g/mol. The number of hydrogen-bond acceptors (Lipinski definition) is 1. The monoisotopic (exact) mass is 187 g/mol. The standard InChI is InChI=1S/C13H17N/c1-9-8-14(2)12-5-3-4-11(13(9)12)10-6-7-10/h3-5,9-10H,6-8H2,1-2H3. The number of nitrogens with zero attached hydrogens (tertiary/aromatic N) is 1. The number of fused-ring (bicyclic) bond motifs is 1. The summed E-state index contributed by atoms with van der Waals surface area (Å²) in [5.74, 6) is 1.62. The van der Waals surface area contributed by atoms with E-state index in [-0.39, 0.29) is 0 Å². The van der Waals surface area contributed by atoms with E-state index in [1.807, 2.05) is 0 Å². The first kappa shape index (κ1) is 8.34. The first-order valence-electron chi connectivity index (χ1n) is 5.61. The van der Waals surface area contributed by atoms with E-state index in [1.54, 1.807) is 11.1 Å². The van der Waals surface area contributed by atoms with Gasteiger partial charge in [-0.15, -0.1) is 0 Å². The lowest BCUT2D eigenvalue weighted by Crippen LogP contribution is -2.13. The van der Waals surface area contributed by atoms with Gasteiger partial charge in [0.25, 0.3) is 0 Å². The van der Waals surface area contributed by atoms with E-state index in [9.17, 15) is 0 Å². The fourth-order valence-electron chi connectivity index (χ4n) is 2.79. The first-order chi connectivity index (χ1) is 6.77. The lowest BCUT2D eigenvalue weighted by Gasteiger charge is -2.12. The van der Waals surface area contributed by atoms with Crippen LogP contribution in [0.2, 0.25) is 0 Å². The molecule has 1 heterocycles. The van der Waals surface area contributed by atoms with E-state index < -0.39 is 0 Å². The van der Waals surface area contributed by atoms with E-state index in [2.05, 4.69) is 37.1 Å². The summed E-state index contributed by atoms with van der Waals surface area (Å²) in [4.78, 5) is 2.39. The second kappa shape index (κ2) is 2.75. The Kier molecular flexibility index (Phi) is 1.64. The van der Waals surface area contributed by atoms with Crippen LogP contribution in [0.25, 0.3) is 0 Å². The van der Waals surface area contributed by atoms with Gasteiger partial charge in [-0.3, -0.25) is 0 Å². The Morgan fingerprint density at radius 2 is 2.07 bits per heavy atom. The molecule has 1 nitrogen and oxygen atoms in total. The van der Waals surface area contributed by atoms with Crippen molar-refractivity contribution in [3.8, 4) is 0 Å². The van der Waals surface area contributed by atoms with E-state index in [0.717, 1.165) is 11.8 Å². The highest BCUT2D eigenvalue weighted by Crippen LogP contribution is 2.47. The molecule has 0 spiro atoms. The van der Waals surface area contributed by atoms with Gasteiger partial charge in [0, 0.05) is 25.2 Å². The summed E-state index contributed by atoms with van der Waals surface area (Å²) in [6.07, 6.45) is 2.82. The first-order valence-corrected chi connectivity index (χ1v) is 5.61. The van der Waals surface area contributed by atoms with Crippen LogP contribution >= 0.6 is 0 Å². The largest absolute Gasteiger partial charge is 0.374 e. The molecule has 3 rings (SSSR count). The predicted molar refractivity (Wildman–Crippen MR) is 60.1 cm³/mol. The summed E-state index contributed by atoms with van der Waals surface area (Å²) >= 11 is 0. The van der Waals surface area contributed by atoms with Gasteiger partial charge < -0.3 is 4.90 Å². The molecule has 1 unspecified atom stereocenters. The lowest BCUT2D eigenvalue weighted by molar-refractivity contribution is 0.787. The molecule has 1 saturated carbocycles. The molecule has 1 heteroatoms. The number of benzene rings is 1. The zero-order chi connectivity index (χ0) is 9.71. The highest BCUT2D eigenvalue weighted by atomic mass is 15.1. The minimum atomic E-state index is 0.729. The third-order valence-electron chi connectivity index (χ3n) is 3.59. The molecule has 1 aliphatic carbocycles. The molecule has 0 amide bonds. The predicted octanol–water partition coefficient (Wildman–Crippen LogP) is 3.12. The average molecular weight is 187 g/mol. The van der Waals surface area contributed by atoms with Crippen LogP contribution in [0, 0.1) is 0 Å². The topological polar surface area (TPSA) is 3.24 Å². The van der Waals surface area contributed by atoms with Crippen molar-refractivity contribution in [2.24, 2.45) is 0 Å². The second-order valence-electron chi connectivity index (χ2n) is 4.84. The minimum Gasteiger partial charge on any atom is -0.374 e. The molecule has 74 valence electrons. The van der Waals surface area contributed by atoms with E-state index in [4.69, 9.17) is 0 Å². The van der Waals surface area contributed by atoms with Gasteiger partial charge in [0.1, 0.15) is 0 Å². The van der Waals surface area contributed by atoms with Crippen LogP contribution in [0.3, 0.4) is 0 Å². The maximum absolute atomic E-state index is 2.39. The van der Waals surface area contributed by atoms with Crippen molar-refractivity contribution in [1.29, 1.82) is 0 Å². The Bertz CT molecular complexity index is 365. The van der Waals surface area contributed by atoms with Gasteiger partial charge in [-0.05, 0) is 36.0 Å². The van der Waals surface area contributed by atoms with Crippen LogP contribution in [0.5, 0.6) is 0 Å². The maximum Gasteiger partial charge on any atom is 0.0402 e. The zero-order valence-corrected chi connectivity index (χ0v) is 8.96. The van der Waals surface area contributed by atoms with E-state index in [0.29, 0.717) is 0 Å². The number of likely N-dealkylation sites (N-methyl/N-ethyl adjacent to an activating group) is 1. The normalized spacial score (nSPS) is 25.3. The molecule has 1 aromatic carbocycles. The SMILES string of the molecule is CC1CN(C)c2cccc(C3CC3)c21. The minimum absolute atomic E-state index is 0.729. The molecule has 0 radical (unpaired) electrons. The second-order valence-corrected chi connectivity index (χ2v) is 4.84. The van der Waals surface area contributed by atoms with Gasteiger partial charge in [-0.1, -0.05) is 19.1 Å². The van der Waals surface area contributed by atoms with Crippen molar-refractivity contribution < 1.29 is 0 Å². The number of anilines is 1. The summed E-state index contributed by atoms with van der Waals surface area (Å²) in [7, 11) is 2.21. The highest BCUT2D eigenvalue weighted by molar-refractivity contribution is 5.63. The molecule has 1 aliphatic heterocycles. The smallest absolute Gasteiger partial charge is 0.0402 e. The van der Waals surface area contributed by atoms with Gasteiger partial charge in [-0.25, -0.2) is 0 Å². The quantitative estimate of drug-likeness (QED) is 0.653. The third-order valence-corrected chi connectivity index (χ3v) is 3.59. The van der Waals surface area contributed by atoms with Crippen molar-refractivity contribution in [3.05, 3.63) is 29.3 Å². The molecule has 1 atom stereocenters. The zero-order valence-electron chi connectivity index (χ0n) is 8.96. The number of rotatable bonds is 1. The summed E-state index contributed by atoms with van der Waals surface area (Å²) < 4.78 is 0. The molecule has 0 bridgehead atoms. The van der Waals surface area contributed by atoms with Crippen LogP contribution in [0.15, 0.2) is 18.2 Å². The van der Waals surface area contributed by atoms with Gasteiger partial charge in [0.05, 0.1) is 0 Å². The van der Waals surface area contributed by atoms with E-state index in [1.165, 1.54) is 25.1 Å². The molecule has 14 heavy (non-hydrogen) atoms. The van der Waals surface area contributed by atoms with Crippen LogP contribution in [-0.2, 0) is 0 Å². The molecule has 0 aromatic heterocycles. The lowest BCUT2D eigenvalue weighted by atomic mass is 9.95. The molecule has 0 saturated heterocycles. The summed E-state index contributed by atoms with van der Waals surface area (Å²) in [6, 6.07) is 6.83. The van der Waals surface area contributed by atoms with Crippen molar-refractivity contribution in [1.82, 2.24) is 0 Å². The fraction of sp³-hybridized carbons (Fsp3) is 0.538. The summed E-state index contributed by atoms with van der Waals surface area (Å²) in [6.45, 7) is 3.55. The van der Waals surface area contributed by atoms with Gasteiger partial charge >= 0.3 is 0 Å². The molecule has 1 fully saturated rings. The van der Waals surface area contributed by atoms with Gasteiger partial charge in [-0.2, -0.15) is 0 Å². The Hall–Kier alpha value is -0.980. The molecule has 0 N–H and O–H groups in total. The van der Waals surface area contributed by atoms with Crippen LogP contribution < -0.4 is 4.90 Å². The fourth-order valence-corrected chi connectivity index (χ4v) is 2.79. The maximum atomic E-state index is 2.39. The van der Waals surface area contributed by atoms with Gasteiger partial charge in [0.2, 0.25) is 0 Å². The molecular formula is C13H17N. The molecule has 1 aromatic rings. The van der Waals surface area contributed by atoms with Crippen molar-refractivity contribution in [2.45, 2.75) is 31.6 Å². The van der Waals surface area contributed by atoms with E-state index >= 15 is 0 Å². The third kappa shape index (κ3) is 1.08.